The number of carbonyl (C=O) groups is 1. The maximum absolute atomic E-state index is 12.1. The van der Waals surface area contributed by atoms with E-state index in [0.717, 1.165) is 23.4 Å². The lowest BCUT2D eigenvalue weighted by molar-refractivity contribution is 0.0636. The van der Waals surface area contributed by atoms with Gasteiger partial charge in [0.1, 0.15) is 5.60 Å². The minimum absolute atomic E-state index is 0.427. The first-order chi connectivity index (χ1) is 10.9. The van der Waals surface area contributed by atoms with Crippen LogP contribution in [0.15, 0.2) is 36.4 Å². The molecule has 0 saturated carbocycles. The summed E-state index contributed by atoms with van der Waals surface area (Å²) in [6.45, 7) is 5.57. The molecule has 0 unspecified atom stereocenters. The molecule has 0 radical (unpaired) electrons. The summed E-state index contributed by atoms with van der Waals surface area (Å²) in [5, 5.41) is 6.06. The zero-order chi connectivity index (χ0) is 16.6. The molecule has 23 heavy (non-hydrogen) atoms. The molecule has 4 nitrogen and oxygen atoms in total. The van der Waals surface area contributed by atoms with Crippen LogP contribution >= 0.6 is 0 Å². The molecule has 0 bridgehead atoms. The molecule has 0 aliphatic heterocycles. The fourth-order valence-corrected chi connectivity index (χ4v) is 2.90. The second-order valence-corrected chi connectivity index (χ2v) is 6.76. The predicted molar refractivity (Wildman–Crippen MR) is 94.1 cm³/mol. The molecular formula is C19H22N2O2. The lowest BCUT2D eigenvalue weighted by Crippen LogP contribution is -2.27. The smallest absolute Gasteiger partial charge is 0.412 e. The van der Waals surface area contributed by atoms with Gasteiger partial charge in [-0.3, -0.25) is 5.32 Å². The van der Waals surface area contributed by atoms with E-state index in [2.05, 4.69) is 28.8 Å². The van der Waals surface area contributed by atoms with Gasteiger partial charge in [0.15, 0.2) is 0 Å². The Kier molecular flexibility index (Phi) is 3.76. The number of rotatable bonds is 2. The van der Waals surface area contributed by atoms with Crippen LogP contribution in [0.5, 0.6) is 0 Å². The molecule has 0 fully saturated rings. The van der Waals surface area contributed by atoms with Crippen LogP contribution in [0.4, 0.5) is 16.2 Å². The van der Waals surface area contributed by atoms with Crippen LogP contribution < -0.4 is 10.6 Å². The fraction of sp³-hybridized carbons (Fsp3) is 0.316. The van der Waals surface area contributed by atoms with Gasteiger partial charge in [-0.05, 0) is 55.2 Å². The number of fused-ring (bicyclic) bond motifs is 3. The lowest BCUT2D eigenvalue weighted by Gasteiger charge is -2.21. The number of anilines is 2. The molecule has 0 spiro atoms. The highest BCUT2D eigenvalue weighted by molar-refractivity contribution is 5.92. The molecule has 2 N–H and O–H groups in total. The van der Waals surface area contributed by atoms with Crippen LogP contribution in [0.2, 0.25) is 0 Å². The average Bonchev–Trinajstić information content (AvgIpc) is 2.84. The molecule has 4 heteroatoms. The van der Waals surface area contributed by atoms with Gasteiger partial charge >= 0.3 is 6.09 Å². The third-order valence-corrected chi connectivity index (χ3v) is 3.85. The number of carbonyl (C=O) groups excluding carboxylic acids is 1. The van der Waals surface area contributed by atoms with Crippen molar-refractivity contribution in [1.29, 1.82) is 0 Å². The van der Waals surface area contributed by atoms with Gasteiger partial charge in [0.2, 0.25) is 0 Å². The topological polar surface area (TPSA) is 50.4 Å². The summed E-state index contributed by atoms with van der Waals surface area (Å²) in [6.07, 6.45) is 0.393. The van der Waals surface area contributed by atoms with Crippen molar-refractivity contribution in [3.8, 4) is 11.1 Å². The first kappa shape index (κ1) is 15.4. The third-order valence-electron chi connectivity index (χ3n) is 3.85. The summed E-state index contributed by atoms with van der Waals surface area (Å²) in [5.74, 6) is 0. The lowest BCUT2D eigenvalue weighted by atomic mass is 10.0. The first-order valence-corrected chi connectivity index (χ1v) is 7.80. The highest BCUT2D eigenvalue weighted by Gasteiger charge is 2.24. The zero-order valence-electron chi connectivity index (χ0n) is 14.0. The number of nitrogens with one attached hydrogen (secondary N) is 2. The normalized spacial score (nSPS) is 12.3. The molecule has 1 aliphatic rings. The number of benzene rings is 2. The van der Waals surface area contributed by atoms with E-state index in [-0.39, 0.29) is 0 Å². The Morgan fingerprint density at radius 1 is 1.13 bits per heavy atom. The van der Waals surface area contributed by atoms with E-state index in [4.69, 9.17) is 4.74 Å². The first-order valence-electron chi connectivity index (χ1n) is 7.80. The minimum Gasteiger partial charge on any atom is -0.444 e. The van der Waals surface area contributed by atoms with Gasteiger partial charge in [0.05, 0.1) is 5.69 Å². The molecule has 120 valence electrons. The number of hydrogen-bond acceptors (Lipinski definition) is 3. The SMILES string of the molecule is CNc1cc(NC(=O)OC(C)(C)C)c2c(c1)-c1ccccc1C2. The van der Waals surface area contributed by atoms with E-state index < -0.39 is 11.7 Å². The molecule has 0 saturated heterocycles. The molecule has 0 aromatic heterocycles. The Hall–Kier alpha value is -2.49. The van der Waals surface area contributed by atoms with E-state index in [9.17, 15) is 4.79 Å². The summed E-state index contributed by atoms with van der Waals surface area (Å²) < 4.78 is 5.38. The van der Waals surface area contributed by atoms with Crippen molar-refractivity contribution in [2.24, 2.45) is 0 Å². The highest BCUT2D eigenvalue weighted by Crippen LogP contribution is 2.42. The van der Waals surface area contributed by atoms with Crippen LogP contribution in [0.25, 0.3) is 11.1 Å². The number of ether oxygens (including phenoxy) is 1. The van der Waals surface area contributed by atoms with E-state index in [1.807, 2.05) is 46.0 Å². The summed E-state index contributed by atoms with van der Waals surface area (Å²) in [5.41, 5.74) is 6.06. The molecule has 2 aromatic rings. The molecule has 2 aromatic carbocycles. The van der Waals surface area contributed by atoms with E-state index >= 15 is 0 Å². The molecule has 1 amide bonds. The quantitative estimate of drug-likeness (QED) is 0.724. The largest absolute Gasteiger partial charge is 0.444 e. The Morgan fingerprint density at radius 2 is 1.87 bits per heavy atom. The molecule has 3 rings (SSSR count). The van der Waals surface area contributed by atoms with Crippen molar-refractivity contribution in [2.45, 2.75) is 32.8 Å². The molecule has 1 aliphatic carbocycles. The van der Waals surface area contributed by atoms with Crippen LogP contribution in [-0.2, 0) is 11.2 Å². The molecular weight excluding hydrogens is 288 g/mol. The average molecular weight is 310 g/mol. The van der Waals surface area contributed by atoms with Crippen LogP contribution in [0, 0.1) is 0 Å². The molecule has 0 atom stereocenters. The van der Waals surface area contributed by atoms with Crippen LogP contribution in [0.3, 0.4) is 0 Å². The summed E-state index contributed by atoms with van der Waals surface area (Å²) in [4.78, 5) is 12.1. The van der Waals surface area contributed by atoms with Crippen molar-refractivity contribution >= 4 is 17.5 Å². The Balaban J connectivity index is 1.98. The maximum Gasteiger partial charge on any atom is 0.412 e. The Bertz CT molecular complexity index is 760. The van der Waals surface area contributed by atoms with Crippen molar-refractivity contribution in [1.82, 2.24) is 0 Å². The minimum atomic E-state index is -0.517. The fourth-order valence-electron chi connectivity index (χ4n) is 2.90. The third kappa shape index (κ3) is 3.16. The van der Waals surface area contributed by atoms with Crippen molar-refractivity contribution in [3.05, 3.63) is 47.5 Å². The summed E-state index contributed by atoms with van der Waals surface area (Å²) in [7, 11) is 1.87. The van der Waals surface area contributed by atoms with Gasteiger partial charge in [-0.15, -0.1) is 0 Å². The standard InChI is InChI=1S/C19H22N2O2/c1-19(2,3)23-18(22)21-17-11-13(20-4)10-15-14-8-6-5-7-12(14)9-16(15)17/h5-8,10-11,20H,9H2,1-4H3,(H,21,22). The number of amides is 1. The van der Waals surface area contributed by atoms with Gasteiger partial charge in [-0.2, -0.15) is 0 Å². The van der Waals surface area contributed by atoms with Crippen LogP contribution in [0.1, 0.15) is 31.9 Å². The van der Waals surface area contributed by atoms with Gasteiger partial charge in [0, 0.05) is 19.2 Å². The van der Waals surface area contributed by atoms with Gasteiger partial charge < -0.3 is 10.1 Å². The van der Waals surface area contributed by atoms with E-state index in [0.29, 0.717) is 0 Å². The van der Waals surface area contributed by atoms with Crippen molar-refractivity contribution < 1.29 is 9.53 Å². The van der Waals surface area contributed by atoms with E-state index in [1.165, 1.54) is 16.7 Å². The maximum atomic E-state index is 12.1. The monoisotopic (exact) mass is 310 g/mol. The Labute approximate surface area is 136 Å². The molecule has 0 heterocycles. The van der Waals surface area contributed by atoms with E-state index in [1.54, 1.807) is 0 Å². The second-order valence-electron chi connectivity index (χ2n) is 6.76. The summed E-state index contributed by atoms with van der Waals surface area (Å²) >= 11 is 0. The van der Waals surface area contributed by atoms with Gasteiger partial charge in [-0.1, -0.05) is 24.3 Å². The Morgan fingerprint density at radius 3 is 2.57 bits per heavy atom. The summed E-state index contributed by atoms with van der Waals surface area (Å²) in [6, 6.07) is 12.4. The number of hydrogen-bond donors (Lipinski definition) is 2. The second kappa shape index (κ2) is 5.61. The highest BCUT2D eigenvalue weighted by atomic mass is 16.6. The zero-order valence-corrected chi connectivity index (χ0v) is 14.0. The van der Waals surface area contributed by atoms with Gasteiger partial charge in [0.25, 0.3) is 0 Å². The van der Waals surface area contributed by atoms with Gasteiger partial charge in [-0.25, -0.2) is 4.79 Å². The van der Waals surface area contributed by atoms with Crippen molar-refractivity contribution in [2.75, 3.05) is 17.7 Å². The van der Waals surface area contributed by atoms with Crippen molar-refractivity contribution in [3.63, 3.8) is 0 Å². The predicted octanol–water partition coefficient (Wildman–Crippen LogP) is 4.65. The van der Waals surface area contributed by atoms with Crippen LogP contribution in [-0.4, -0.2) is 18.7 Å².